The van der Waals surface area contributed by atoms with E-state index in [1.54, 1.807) is 18.5 Å². The Morgan fingerprint density at radius 1 is 1.05 bits per heavy atom. The van der Waals surface area contributed by atoms with E-state index in [-0.39, 0.29) is 5.82 Å². The van der Waals surface area contributed by atoms with Crippen molar-refractivity contribution in [1.29, 1.82) is 0 Å². The van der Waals surface area contributed by atoms with Crippen LogP contribution in [0, 0.1) is 12.7 Å². The standard InChI is InChI=1S/C15H19FN4/c1-3-17-14-11(2)15(20-10-19-14)18-9-8-12-4-6-13(16)7-5-12/h4-7,10H,3,8-9H2,1-2H3,(H2,17,18,19,20). The van der Waals surface area contributed by atoms with E-state index in [1.807, 2.05) is 13.8 Å². The molecule has 0 bridgehead atoms. The van der Waals surface area contributed by atoms with E-state index in [1.165, 1.54) is 12.1 Å². The van der Waals surface area contributed by atoms with E-state index in [0.717, 1.165) is 42.3 Å². The van der Waals surface area contributed by atoms with Crippen LogP contribution in [0.4, 0.5) is 16.0 Å². The molecule has 1 aromatic carbocycles. The van der Waals surface area contributed by atoms with Crippen molar-refractivity contribution < 1.29 is 4.39 Å². The summed E-state index contributed by atoms with van der Waals surface area (Å²) in [5, 5.41) is 6.49. The third kappa shape index (κ3) is 3.66. The highest BCUT2D eigenvalue weighted by molar-refractivity contribution is 5.56. The lowest BCUT2D eigenvalue weighted by Crippen LogP contribution is -2.10. The molecule has 0 spiro atoms. The topological polar surface area (TPSA) is 49.8 Å². The lowest BCUT2D eigenvalue weighted by molar-refractivity contribution is 0.627. The minimum Gasteiger partial charge on any atom is -0.370 e. The molecule has 0 unspecified atom stereocenters. The fourth-order valence-electron chi connectivity index (χ4n) is 1.95. The summed E-state index contributed by atoms with van der Waals surface area (Å²) in [5.41, 5.74) is 2.10. The van der Waals surface area contributed by atoms with Crippen LogP contribution in [0.1, 0.15) is 18.1 Å². The van der Waals surface area contributed by atoms with E-state index >= 15 is 0 Å². The lowest BCUT2D eigenvalue weighted by Gasteiger charge is -2.11. The fraction of sp³-hybridized carbons (Fsp3) is 0.333. The predicted molar refractivity (Wildman–Crippen MR) is 79.5 cm³/mol. The van der Waals surface area contributed by atoms with Gasteiger partial charge in [0.05, 0.1) is 0 Å². The number of benzene rings is 1. The molecule has 0 aliphatic rings. The average Bonchev–Trinajstić information content (AvgIpc) is 2.45. The molecule has 0 aliphatic heterocycles. The Hall–Kier alpha value is -2.17. The maximum atomic E-state index is 12.8. The first-order valence-corrected chi connectivity index (χ1v) is 6.74. The number of nitrogens with one attached hydrogen (secondary N) is 2. The number of hydrogen-bond donors (Lipinski definition) is 2. The van der Waals surface area contributed by atoms with Crippen molar-refractivity contribution in [3.8, 4) is 0 Å². The second-order valence-corrected chi connectivity index (χ2v) is 4.53. The third-order valence-electron chi connectivity index (χ3n) is 3.05. The highest BCUT2D eigenvalue weighted by Gasteiger charge is 2.05. The van der Waals surface area contributed by atoms with Gasteiger partial charge in [-0.2, -0.15) is 0 Å². The minimum absolute atomic E-state index is 0.205. The maximum absolute atomic E-state index is 12.8. The molecule has 2 aromatic rings. The third-order valence-corrected chi connectivity index (χ3v) is 3.05. The zero-order valence-corrected chi connectivity index (χ0v) is 11.8. The second kappa shape index (κ2) is 6.84. The van der Waals surface area contributed by atoms with Gasteiger partial charge in [0, 0.05) is 18.7 Å². The van der Waals surface area contributed by atoms with Crippen LogP contribution in [0.15, 0.2) is 30.6 Å². The Kier molecular flexibility index (Phi) is 4.87. The highest BCUT2D eigenvalue weighted by Crippen LogP contribution is 2.17. The SMILES string of the molecule is CCNc1ncnc(NCCc2ccc(F)cc2)c1C. The minimum atomic E-state index is -0.205. The Labute approximate surface area is 118 Å². The fourth-order valence-corrected chi connectivity index (χ4v) is 1.95. The molecule has 0 aliphatic carbocycles. The first-order valence-electron chi connectivity index (χ1n) is 6.74. The molecule has 5 heteroatoms. The van der Waals surface area contributed by atoms with Gasteiger partial charge < -0.3 is 10.6 Å². The van der Waals surface area contributed by atoms with Gasteiger partial charge in [-0.05, 0) is 38.0 Å². The quantitative estimate of drug-likeness (QED) is 0.850. The van der Waals surface area contributed by atoms with E-state index in [9.17, 15) is 4.39 Å². The molecule has 20 heavy (non-hydrogen) atoms. The summed E-state index contributed by atoms with van der Waals surface area (Å²) in [5.74, 6) is 1.48. The number of hydrogen-bond acceptors (Lipinski definition) is 4. The average molecular weight is 274 g/mol. The molecule has 0 fully saturated rings. The van der Waals surface area contributed by atoms with Crippen LogP contribution in [-0.2, 0) is 6.42 Å². The predicted octanol–water partition coefficient (Wildman–Crippen LogP) is 3.01. The summed E-state index contributed by atoms with van der Waals surface area (Å²) in [7, 11) is 0. The first-order chi connectivity index (χ1) is 9.70. The molecule has 1 heterocycles. The summed E-state index contributed by atoms with van der Waals surface area (Å²) < 4.78 is 12.8. The van der Waals surface area contributed by atoms with Crippen LogP contribution < -0.4 is 10.6 Å². The van der Waals surface area contributed by atoms with Crippen LogP contribution in [0.2, 0.25) is 0 Å². The summed E-state index contributed by atoms with van der Waals surface area (Å²) >= 11 is 0. The van der Waals surface area contributed by atoms with Gasteiger partial charge in [-0.15, -0.1) is 0 Å². The van der Waals surface area contributed by atoms with Gasteiger partial charge in [0.25, 0.3) is 0 Å². The van der Waals surface area contributed by atoms with Gasteiger partial charge in [-0.1, -0.05) is 12.1 Å². The molecule has 2 N–H and O–H groups in total. The highest BCUT2D eigenvalue weighted by atomic mass is 19.1. The zero-order valence-electron chi connectivity index (χ0n) is 11.8. The van der Waals surface area contributed by atoms with Crippen LogP contribution in [0.3, 0.4) is 0 Å². The zero-order chi connectivity index (χ0) is 14.4. The van der Waals surface area contributed by atoms with Crippen molar-refractivity contribution in [1.82, 2.24) is 9.97 Å². The van der Waals surface area contributed by atoms with Gasteiger partial charge in [0.15, 0.2) is 0 Å². The van der Waals surface area contributed by atoms with Crippen LogP contribution >= 0.6 is 0 Å². The van der Waals surface area contributed by atoms with Crippen LogP contribution in [0.5, 0.6) is 0 Å². The van der Waals surface area contributed by atoms with Crippen LogP contribution in [-0.4, -0.2) is 23.1 Å². The molecular formula is C15H19FN4. The smallest absolute Gasteiger partial charge is 0.134 e. The Morgan fingerprint density at radius 2 is 1.70 bits per heavy atom. The summed E-state index contributed by atoms with van der Waals surface area (Å²) in [4.78, 5) is 8.44. The molecule has 0 saturated carbocycles. The number of halogens is 1. The van der Waals surface area contributed by atoms with Crippen molar-refractivity contribution in [2.24, 2.45) is 0 Å². The van der Waals surface area contributed by atoms with Crippen molar-refractivity contribution in [2.75, 3.05) is 23.7 Å². The van der Waals surface area contributed by atoms with Crippen molar-refractivity contribution >= 4 is 11.6 Å². The Balaban J connectivity index is 1.94. The molecule has 4 nitrogen and oxygen atoms in total. The Morgan fingerprint density at radius 3 is 2.35 bits per heavy atom. The van der Waals surface area contributed by atoms with E-state index in [2.05, 4.69) is 20.6 Å². The van der Waals surface area contributed by atoms with Gasteiger partial charge in [-0.3, -0.25) is 0 Å². The first kappa shape index (κ1) is 14.2. The van der Waals surface area contributed by atoms with Gasteiger partial charge in [0.2, 0.25) is 0 Å². The number of rotatable bonds is 6. The second-order valence-electron chi connectivity index (χ2n) is 4.53. The normalized spacial score (nSPS) is 10.3. The van der Waals surface area contributed by atoms with Gasteiger partial charge in [0.1, 0.15) is 23.8 Å². The summed E-state index contributed by atoms with van der Waals surface area (Å²) in [6.45, 7) is 5.59. The monoisotopic (exact) mass is 274 g/mol. The molecule has 0 saturated heterocycles. The molecule has 2 rings (SSSR count). The molecule has 0 atom stereocenters. The molecule has 106 valence electrons. The van der Waals surface area contributed by atoms with Gasteiger partial charge in [-0.25, -0.2) is 14.4 Å². The van der Waals surface area contributed by atoms with Crippen LogP contribution in [0.25, 0.3) is 0 Å². The number of nitrogens with zero attached hydrogens (tertiary/aromatic N) is 2. The van der Waals surface area contributed by atoms with Crippen molar-refractivity contribution in [3.63, 3.8) is 0 Å². The van der Waals surface area contributed by atoms with E-state index in [4.69, 9.17) is 0 Å². The van der Waals surface area contributed by atoms with E-state index in [0.29, 0.717) is 0 Å². The largest absolute Gasteiger partial charge is 0.370 e. The number of anilines is 2. The lowest BCUT2D eigenvalue weighted by atomic mass is 10.1. The summed E-state index contributed by atoms with van der Waals surface area (Å²) in [6, 6.07) is 6.56. The molecule has 0 radical (unpaired) electrons. The number of aromatic nitrogens is 2. The van der Waals surface area contributed by atoms with Crippen molar-refractivity contribution in [2.45, 2.75) is 20.3 Å². The summed E-state index contributed by atoms with van der Waals surface area (Å²) in [6.07, 6.45) is 2.37. The molecular weight excluding hydrogens is 255 g/mol. The molecule has 1 aromatic heterocycles. The van der Waals surface area contributed by atoms with Crippen molar-refractivity contribution in [3.05, 3.63) is 47.5 Å². The van der Waals surface area contributed by atoms with Gasteiger partial charge >= 0.3 is 0 Å². The maximum Gasteiger partial charge on any atom is 0.134 e. The molecule has 0 amide bonds. The van der Waals surface area contributed by atoms with E-state index < -0.39 is 0 Å². The Bertz CT molecular complexity index is 554.